The summed E-state index contributed by atoms with van der Waals surface area (Å²) in [5, 5.41) is 10.9. The zero-order valence-electron chi connectivity index (χ0n) is 13.4. The Hall–Kier alpha value is -0.860. The van der Waals surface area contributed by atoms with Gasteiger partial charge in [0, 0.05) is 12.0 Å². The molecule has 2 heteroatoms. The van der Waals surface area contributed by atoms with Gasteiger partial charge < -0.3 is 10.8 Å². The Balaban J connectivity index is 2.29. The number of nitrogens with two attached hydrogens (primary N) is 1. The first-order chi connectivity index (χ1) is 9.31. The van der Waals surface area contributed by atoms with Crippen molar-refractivity contribution in [2.45, 2.75) is 59.5 Å². The van der Waals surface area contributed by atoms with E-state index in [1.54, 1.807) is 0 Å². The zero-order valence-corrected chi connectivity index (χ0v) is 13.4. The maximum atomic E-state index is 10.9. The largest absolute Gasteiger partial charge is 0.392 e. The van der Waals surface area contributed by atoms with Crippen LogP contribution in [0.1, 0.15) is 49.8 Å². The summed E-state index contributed by atoms with van der Waals surface area (Å²) in [5.74, 6) is 0. The second-order valence-electron chi connectivity index (χ2n) is 7.41. The molecule has 1 aliphatic carbocycles. The molecule has 0 radical (unpaired) electrons. The molecule has 0 saturated heterocycles. The van der Waals surface area contributed by atoms with Crippen molar-refractivity contribution in [2.75, 3.05) is 6.54 Å². The van der Waals surface area contributed by atoms with E-state index < -0.39 is 0 Å². The van der Waals surface area contributed by atoms with Crippen molar-refractivity contribution in [3.05, 3.63) is 34.9 Å². The minimum absolute atomic E-state index is 0.0304. The van der Waals surface area contributed by atoms with Gasteiger partial charge in [0.2, 0.25) is 0 Å². The summed E-state index contributed by atoms with van der Waals surface area (Å²) >= 11 is 0. The molecule has 1 fully saturated rings. The second-order valence-corrected chi connectivity index (χ2v) is 7.41. The highest BCUT2D eigenvalue weighted by Crippen LogP contribution is 2.47. The van der Waals surface area contributed by atoms with Crippen molar-refractivity contribution in [3.63, 3.8) is 0 Å². The predicted octanol–water partition coefficient (Wildman–Crippen LogP) is 3.36. The molecule has 2 atom stereocenters. The maximum Gasteiger partial charge on any atom is 0.0662 e. The van der Waals surface area contributed by atoms with Gasteiger partial charge in [-0.15, -0.1) is 0 Å². The van der Waals surface area contributed by atoms with Crippen molar-refractivity contribution in [3.8, 4) is 0 Å². The molecular weight excluding hydrogens is 246 g/mol. The highest BCUT2D eigenvalue weighted by Gasteiger charge is 2.47. The fourth-order valence-electron chi connectivity index (χ4n) is 3.79. The van der Waals surface area contributed by atoms with Gasteiger partial charge in [0.15, 0.2) is 0 Å². The van der Waals surface area contributed by atoms with Crippen LogP contribution >= 0.6 is 0 Å². The minimum Gasteiger partial charge on any atom is -0.392 e. The van der Waals surface area contributed by atoms with Gasteiger partial charge in [-0.1, -0.05) is 38.5 Å². The van der Waals surface area contributed by atoms with Crippen LogP contribution < -0.4 is 5.73 Å². The molecular formula is C18H29NO. The fraction of sp³-hybridized carbons (Fsp3) is 0.667. The van der Waals surface area contributed by atoms with Crippen LogP contribution in [0.5, 0.6) is 0 Å². The monoisotopic (exact) mass is 275 g/mol. The Labute approximate surface area is 123 Å². The van der Waals surface area contributed by atoms with Crippen molar-refractivity contribution in [1.82, 2.24) is 0 Å². The molecule has 0 aliphatic heterocycles. The molecule has 0 spiro atoms. The highest BCUT2D eigenvalue weighted by atomic mass is 16.3. The van der Waals surface area contributed by atoms with Gasteiger partial charge in [-0.05, 0) is 55.2 Å². The summed E-state index contributed by atoms with van der Waals surface area (Å²) in [4.78, 5) is 0. The molecule has 1 aromatic carbocycles. The Kier molecular flexibility index (Phi) is 4.27. The van der Waals surface area contributed by atoms with E-state index in [1.165, 1.54) is 16.7 Å². The number of rotatable bonds is 3. The van der Waals surface area contributed by atoms with Crippen LogP contribution in [0.3, 0.4) is 0 Å². The van der Waals surface area contributed by atoms with Crippen LogP contribution in [0, 0.1) is 24.7 Å². The van der Waals surface area contributed by atoms with E-state index in [2.05, 4.69) is 45.9 Å². The molecule has 0 aromatic heterocycles. The average molecular weight is 275 g/mol. The third kappa shape index (κ3) is 2.77. The summed E-state index contributed by atoms with van der Waals surface area (Å²) in [6, 6.07) is 6.62. The number of hydrogen-bond donors (Lipinski definition) is 2. The molecule has 112 valence electrons. The van der Waals surface area contributed by atoms with E-state index >= 15 is 0 Å². The van der Waals surface area contributed by atoms with Gasteiger partial charge >= 0.3 is 0 Å². The Morgan fingerprint density at radius 3 is 2.50 bits per heavy atom. The van der Waals surface area contributed by atoms with Gasteiger partial charge in [0.1, 0.15) is 0 Å². The number of aliphatic hydroxyl groups is 1. The Morgan fingerprint density at radius 1 is 1.20 bits per heavy atom. The van der Waals surface area contributed by atoms with Gasteiger partial charge in [0.05, 0.1) is 6.10 Å². The molecule has 1 aliphatic rings. The van der Waals surface area contributed by atoms with E-state index in [0.717, 1.165) is 25.7 Å². The molecule has 2 rings (SSSR count). The van der Waals surface area contributed by atoms with Crippen LogP contribution in [-0.4, -0.2) is 17.8 Å². The third-order valence-corrected chi connectivity index (χ3v) is 5.35. The summed E-state index contributed by atoms with van der Waals surface area (Å²) in [5.41, 5.74) is 9.85. The van der Waals surface area contributed by atoms with Crippen molar-refractivity contribution < 1.29 is 5.11 Å². The third-order valence-electron chi connectivity index (χ3n) is 5.35. The summed E-state index contributed by atoms with van der Waals surface area (Å²) in [7, 11) is 0. The van der Waals surface area contributed by atoms with Gasteiger partial charge in [-0.3, -0.25) is 0 Å². The Bertz CT molecular complexity index is 480. The van der Waals surface area contributed by atoms with Gasteiger partial charge in [0.25, 0.3) is 0 Å². The summed E-state index contributed by atoms with van der Waals surface area (Å²) in [6.45, 7) is 9.18. The van der Waals surface area contributed by atoms with Gasteiger partial charge in [-0.25, -0.2) is 0 Å². The minimum atomic E-state index is -0.324. The molecule has 0 bridgehead atoms. The van der Waals surface area contributed by atoms with Crippen LogP contribution in [0.25, 0.3) is 0 Å². The van der Waals surface area contributed by atoms with Gasteiger partial charge in [-0.2, -0.15) is 0 Å². The molecule has 1 aromatic rings. The standard InChI is InChI=1S/C18H29NO/c1-13-6-7-15(10-14(13)2)11-18(12-19)9-5-8-17(3,4)16(18)20/h6-7,10,16,20H,5,8-9,11-12,19H2,1-4H3. The first kappa shape index (κ1) is 15.5. The summed E-state index contributed by atoms with van der Waals surface area (Å²) < 4.78 is 0. The quantitative estimate of drug-likeness (QED) is 0.888. The lowest BCUT2D eigenvalue weighted by molar-refractivity contribution is -0.0884. The lowest BCUT2D eigenvalue weighted by Gasteiger charge is -2.49. The van der Waals surface area contributed by atoms with E-state index in [9.17, 15) is 5.11 Å². The zero-order chi connectivity index (χ0) is 15.0. The fourth-order valence-corrected chi connectivity index (χ4v) is 3.79. The van der Waals surface area contributed by atoms with Crippen LogP contribution in [0.4, 0.5) is 0 Å². The normalized spacial score (nSPS) is 29.4. The first-order valence-corrected chi connectivity index (χ1v) is 7.75. The van der Waals surface area contributed by atoms with E-state index in [1.807, 2.05) is 0 Å². The van der Waals surface area contributed by atoms with E-state index in [-0.39, 0.29) is 16.9 Å². The molecule has 20 heavy (non-hydrogen) atoms. The first-order valence-electron chi connectivity index (χ1n) is 7.75. The maximum absolute atomic E-state index is 10.9. The average Bonchev–Trinajstić information content (AvgIpc) is 2.39. The van der Waals surface area contributed by atoms with E-state index in [0.29, 0.717) is 6.54 Å². The molecule has 0 heterocycles. The second kappa shape index (κ2) is 5.50. The van der Waals surface area contributed by atoms with Crippen LogP contribution in [0.15, 0.2) is 18.2 Å². The lowest BCUT2D eigenvalue weighted by Crippen LogP contribution is -2.53. The van der Waals surface area contributed by atoms with Crippen molar-refractivity contribution in [1.29, 1.82) is 0 Å². The molecule has 3 N–H and O–H groups in total. The number of hydrogen-bond acceptors (Lipinski definition) is 2. The smallest absolute Gasteiger partial charge is 0.0662 e. The SMILES string of the molecule is Cc1ccc(CC2(CN)CCCC(C)(C)C2O)cc1C. The molecule has 0 amide bonds. The topological polar surface area (TPSA) is 46.2 Å². The predicted molar refractivity (Wildman–Crippen MR) is 84.7 cm³/mol. The van der Waals surface area contributed by atoms with Crippen molar-refractivity contribution >= 4 is 0 Å². The lowest BCUT2D eigenvalue weighted by atomic mass is 9.59. The van der Waals surface area contributed by atoms with Crippen LogP contribution in [-0.2, 0) is 6.42 Å². The Morgan fingerprint density at radius 2 is 1.90 bits per heavy atom. The molecule has 2 nitrogen and oxygen atoms in total. The van der Waals surface area contributed by atoms with E-state index in [4.69, 9.17) is 5.73 Å². The number of aryl methyl sites for hydroxylation is 2. The highest BCUT2D eigenvalue weighted by molar-refractivity contribution is 5.31. The van der Waals surface area contributed by atoms with Crippen molar-refractivity contribution in [2.24, 2.45) is 16.6 Å². The molecule has 2 unspecified atom stereocenters. The summed E-state index contributed by atoms with van der Waals surface area (Å²) in [6.07, 6.45) is 3.83. The van der Waals surface area contributed by atoms with Crippen LogP contribution in [0.2, 0.25) is 0 Å². The molecule has 1 saturated carbocycles. The number of aliphatic hydroxyl groups excluding tert-OH is 1. The number of benzene rings is 1.